The number of alkyl carbamates (subject to hydrolysis) is 1. The van der Waals surface area contributed by atoms with E-state index < -0.39 is 11.7 Å². The first-order valence-electron chi connectivity index (χ1n) is 4.48. The van der Waals surface area contributed by atoms with E-state index >= 15 is 0 Å². The smallest absolute Gasteiger partial charge is 0.407 e. The van der Waals surface area contributed by atoms with Crippen LogP contribution in [0.2, 0.25) is 0 Å². The van der Waals surface area contributed by atoms with Crippen LogP contribution in [0, 0.1) is 0 Å². The van der Waals surface area contributed by atoms with Crippen molar-refractivity contribution in [2.75, 3.05) is 19.5 Å². The molecule has 4 nitrogen and oxygen atoms in total. The van der Waals surface area contributed by atoms with Crippen molar-refractivity contribution in [3.8, 4) is 0 Å². The third-order valence-electron chi connectivity index (χ3n) is 1.31. The van der Waals surface area contributed by atoms with Crippen LogP contribution in [0.25, 0.3) is 0 Å². The second kappa shape index (κ2) is 6.14. The van der Waals surface area contributed by atoms with Gasteiger partial charge in [0.2, 0.25) is 0 Å². The van der Waals surface area contributed by atoms with E-state index in [2.05, 4.69) is 17.9 Å². The molecule has 0 radical (unpaired) electrons. The summed E-state index contributed by atoms with van der Waals surface area (Å²) in [5.74, 6) is 0.521. The molecule has 0 saturated carbocycles. The first-order valence-corrected chi connectivity index (χ1v) is 5.11. The summed E-state index contributed by atoms with van der Waals surface area (Å²) in [5, 5.41) is 2.66. The Morgan fingerprint density at radius 3 is 2.43 bits per heavy atom. The van der Waals surface area contributed by atoms with E-state index in [1.165, 1.54) is 0 Å². The topological polar surface area (TPSA) is 47.6 Å². The molecule has 0 aliphatic rings. The number of hydrogen-bond donors (Lipinski definition) is 2. The number of thiol groups is 1. The van der Waals surface area contributed by atoms with Gasteiger partial charge in [-0.3, -0.25) is 0 Å². The molecule has 0 aromatic heterocycles. The lowest BCUT2D eigenvalue weighted by Gasteiger charge is -2.22. The van der Waals surface area contributed by atoms with E-state index in [4.69, 9.17) is 9.47 Å². The van der Waals surface area contributed by atoms with Gasteiger partial charge in [0.05, 0.1) is 12.6 Å². The Bertz CT molecular complexity index is 179. The Morgan fingerprint density at radius 1 is 1.50 bits per heavy atom. The van der Waals surface area contributed by atoms with Crippen molar-refractivity contribution in [2.24, 2.45) is 0 Å². The average molecular weight is 221 g/mol. The van der Waals surface area contributed by atoms with Crippen molar-refractivity contribution in [3.05, 3.63) is 0 Å². The first kappa shape index (κ1) is 13.6. The van der Waals surface area contributed by atoms with Crippen LogP contribution in [0.4, 0.5) is 4.79 Å². The highest BCUT2D eigenvalue weighted by Gasteiger charge is 2.18. The minimum atomic E-state index is -0.474. The molecule has 0 bridgehead atoms. The number of carbonyl (C=O) groups excluding carboxylic acids is 1. The zero-order valence-corrected chi connectivity index (χ0v) is 10.1. The van der Waals surface area contributed by atoms with Crippen LogP contribution in [0.15, 0.2) is 0 Å². The Hall–Kier alpha value is -0.420. The molecule has 0 spiro atoms. The molecule has 0 aromatic rings. The van der Waals surface area contributed by atoms with Crippen molar-refractivity contribution in [1.82, 2.24) is 5.32 Å². The van der Waals surface area contributed by atoms with Gasteiger partial charge in [-0.05, 0) is 20.8 Å². The molecule has 5 heteroatoms. The van der Waals surface area contributed by atoms with Crippen molar-refractivity contribution >= 4 is 18.7 Å². The van der Waals surface area contributed by atoms with Gasteiger partial charge in [0.25, 0.3) is 0 Å². The predicted molar refractivity (Wildman–Crippen MR) is 58.9 cm³/mol. The number of rotatable bonds is 4. The molecule has 0 aromatic carbocycles. The number of nitrogens with one attached hydrogen (secondary N) is 1. The summed E-state index contributed by atoms with van der Waals surface area (Å²) in [6, 6.07) is -0.113. The fraction of sp³-hybridized carbons (Fsp3) is 0.889. The van der Waals surface area contributed by atoms with Crippen LogP contribution < -0.4 is 5.32 Å². The summed E-state index contributed by atoms with van der Waals surface area (Å²) in [6.07, 6.45) is -0.436. The number of amides is 1. The SMILES string of the molecule is COCC(CS)NC(=O)OC(C)(C)C. The van der Waals surface area contributed by atoms with Crippen LogP contribution in [0.5, 0.6) is 0 Å². The highest BCUT2D eigenvalue weighted by molar-refractivity contribution is 7.80. The van der Waals surface area contributed by atoms with Gasteiger partial charge in [-0.25, -0.2) is 4.79 Å². The summed E-state index contributed by atoms with van der Waals surface area (Å²) >= 11 is 4.09. The van der Waals surface area contributed by atoms with Crippen LogP contribution in [0.1, 0.15) is 20.8 Å². The van der Waals surface area contributed by atoms with Gasteiger partial charge >= 0.3 is 6.09 Å². The highest BCUT2D eigenvalue weighted by Crippen LogP contribution is 2.06. The van der Waals surface area contributed by atoms with Crippen LogP contribution in [0.3, 0.4) is 0 Å². The molecule has 14 heavy (non-hydrogen) atoms. The molecule has 1 N–H and O–H groups in total. The minimum absolute atomic E-state index is 0.113. The largest absolute Gasteiger partial charge is 0.444 e. The van der Waals surface area contributed by atoms with Crippen molar-refractivity contribution in [3.63, 3.8) is 0 Å². The quantitative estimate of drug-likeness (QED) is 0.706. The van der Waals surface area contributed by atoms with E-state index in [1.807, 2.05) is 20.8 Å². The fourth-order valence-corrected chi connectivity index (χ4v) is 1.01. The maximum absolute atomic E-state index is 11.3. The molecule has 0 saturated heterocycles. The molecule has 0 fully saturated rings. The molecular formula is C9H19NO3S. The lowest BCUT2D eigenvalue weighted by atomic mass is 10.2. The Labute approximate surface area is 90.8 Å². The summed E-state index contributed by atoms with van der Waals surface area (Å²) in [7, 11) is 1.58. The second-order valence-corrected chi connectivity index (χ2v) is 4.35. The van der Waals surface area contributed by atoms with E-state index in [1.54, 1.807) is 7.11 Å². The number of ether oxygens (including phenoxy) is 2. The molecule has 1 atom stereocenters. The van der Waals surface area contributed by atoms with Gasteiger partial charge in [-0.1, -0.05) is 0 Å². The summed E-state index contributed by atoms with van der Waals surface area (Å²) in [6.45, 7) is 5.89. The standard InChI is InChI=1S/C9H19NO3S/c1-9(2,3)13-8(11)10-7(6-14)5-12-4/h7,14H,5-6H2,1-4H3,(H,10,11). The molecule has 84 valence electrons. The van der Waals surface area contributed by atoms with Gasteiger partial charge in [0.15, 0.2) is 0 Å². The zero-order valence-electron chi connectivity index (χ0n) is 9.16. The summed E-state index contributed by atoms with van der Waals surface area (Å²) in [5.41, 5.74) is -0.474. The highest BCUT2D eigenvalue weighted by atomic mass is 32.1. The Balaban J connectivity index is 3.91. The molecule has 0 aliphatic heterocycles. The fourth-order valence-electron chi connectivity index (χ4n) is 0.815. The second-order valence-electron chi connectivity index (χ2n) is 3.98. The van der Waals surface area contributed by atoms with Crippen LogP contribution in [-0.2, 0) is 9.47 Å². The van der Waals surface area contributed by atoms with E-state index in [0.29, 0.717) is 12.4 Å². The molecule has 0 heterocycles. The number of methoxy groups -OCH3 is 1. The minimum Gasteiger partial charge on any atom is -0.444 e. The van der Waals surface area contributed by atoms with Crippen molar-refractivity contribution in [2.45, 2.75) is 32.4 Å². The van der Waals surface area contributed by atoms with Gasteiger partial charge in [-0.15, -0.1) is 0 Å². The van der Waals surface area contributed by atoms with Gasteiger partial charge in [-0.2, -0.15) is 12.6 Å². The maximum atomic E-state index is 11.3. The average Bonchev–Trinajstić information content (AvgIpc) is 2.00. The van der Waals surface area contributed by atoms with Gasteiger partial charge < -0.3 is 14.8 Å². The van der Waals surface area contributed by atoms with Crippen LogP contribution in [-0.4, -0.2) is 37.2 Å². The molecule has 1 unspecified atom stereocenters. The van der Waals surface area contributed by atoms with Crippen LogP contribution >= 0.6 is 12.6 Å². The molecule has 0 rings (SSSR count). The predicted octanol–water partition coefficient (Wildman–Crippen LogP) is 1.46. The third-order valence-corrected chi connectivity index (χ3v) is 1.75. The lowest BCUT2D eigenvalue weighted by molar-refractivity contribution is 0.0479. The third kappa shape index (κ3) is 7.03. The van der Waals surface area contributed by atoms with Gasteiger partial charge in [0, 0.05) is 12.9 Å². The number of hydrogen-bond acceptors (Lipinski definition) is 4. The Morgan fingerprint density at radius 2 is 2.07 bits per heavy atom. The maximum Gasteiger partial charge on any atom is 0.407 e. The zero-order chi connectivity index (χ0) is 11.2. The lowest BCUT2D eigenvalue weighted by Crippen LogP contribution is -2.42. The van der Waals surface area contributed by atoms with Gasteiger partial charge in [0.1, 0.15) is 5.60 Å². The normalized spacial score (nSPS) is 13.5. The van der Waals surface area contributed by atoms with Crippen molar-refractivity contribution < 1.29 is 14.3 Å². The summed E-state index contributed by atoms with van der Waals surface area (Å²) < 4.78 is 9.98. The monoisotopic (exact) mass is 221 g/mol. The van der Waals surface area contributed by atoms with E-state index in [0.717, 1.165) is 0 Å². The summed E-state index contributed by atoms with van der Waals surface area (Å²) in [4.78, 5) is 11.3. The first-order chi connectivity index (χ1) is 6.39. The number of carbonyl (C=O) groups is 1. The van der Waals surface area contributed by atoms with E-state index in [9.17, 15) is 4.79 Å². The van der Waals surface area contributed by atoms with Crippen molar-refractivity contribution in [1.29, 1.82) is 0 Å². The molecular weight excluding hydrogens is 202 g/mol. The molecule has 1 amide bonds. The van der Waals surface area contributed by atoms with E-state index in [-0.39, 0.29) is 6.04 Å². The molecule has 0 aliphatic carbocycles. The Kier molecular flexibility index (Phi) is 5.95.